The van der Waals surface area contributed by atoms with Gasteiger partial charge in [0.2, 0.25) is 0 Å². The van der Waals surface area contributed by atoms with Crippen molar-refractivity contribution in [2.45, 2.75) is 59.4 Å². The van der Waals surface area contributed by atoms with Gasteiger partial charge in [0, 0.05) is 5.54 Å². The van der Waals surface area contributed by atoms with Crippen LogP contribution in [0.1, 0.15) is 53.9 Å². The van der Waals surface area contributed by atoms with E-state index in [4.69, 9.17) is 0 Å². The van der Waals surface area contributed by atoms with E-state index in [2.05, 4.69) is 45.3 Å². The van der Waals surface area contributed by atoms with Crippen molar-refractivity contribution in [2.75, 3.05) is 19.6 Å². The van der Waals surface area contributed by atoms with Crippen LogP contribution in [-0.4, -0.2) is 25.2 Å². The van der Waals surface area contributed by atoms with Gasteiger partial charge in [-0.05, 0) is 64.1 Å². The van der Waals surface area contributed by atoms with Gasteiger partial charge in [-0.2, -0.15) is 0 Å². The van der Waals surface area contributed by atoms with Crippen LogP contribution in [0.25, 0.3) is 0 Å². The molecule has 0 aromatic heterocycles. The van der Waals surface area contributed by atoms with E-state index in [0.29, 0.717) is 5.41 Å². The summed E-state index contributed by atoms with van der Waals surface area (Å²) in [5.74, 6) is 0.901. The van der Waals surface area contributed by atoms with Crippen LogP contribution in [0.4, 0.5) is 0 Å². The first-order chi connectivity index (χ1) is 7.29. The van der Waals surface area contributed by atoms with Gasteiger partial charge in [0.05, 0.1) is 0 Å². The second-order valence-corrected chi connectivity index (χ2v) is 7.20. The smallest absolute Gasteiger partial charge is 0.0130 e. The predicted molar refractivity (Wildman–Crippen MR) is 71.7 cm³/mol. The topological polar surface area (TPSA) is 24.1 Å². The Bertz CT molecular complexity index is 197. The molecule has 1 saturated heterocycles. The van der Waals surface area contributed by atoms with E-state index >= 15 is 0 Å². The van der Waals surface area contributed by atoms with Gasteiger partial charge in [-0.15, -0.1) is 0 Å². The van der Waals surface area contributed by atoms with Gasteiger partial charge in [0.15, 0.2) is 0 Å². The van der Waals surface area contributed by atoms with Gasteiger partial charge in [-0.1, -0.05) is 20.8 Å². The monoisotopic (exact) mass is 226 g/mol. The van der Waals surface area contributed by atoms with Crippen molar-refractivity contribution >= 4 is 0 Å². The molecule has 1 unspecified atom stereocenters. The highest BCUT2D eigenvalue weighted by Gasteiger charge is 2.25. The van der Waals surface area contributed by atoms with Crippen molar-refractivity contribution in [1.82, 2.24) is 10.6 Å². The fourth-order valence-electron chi connectivity index (χ4n) is 2.96. The number of rotatable bonds is 5. The van der Waals surface area contributed by atoms with E-state index in [9.17, 15) is 0 Å². The average Bonchev–Trinajstić information content (AvgIpc) is 2.51. The minimum atomic E-state index is 0.268. The molecule has 0 aliphatic carbocycles. The Hall–Kier alpha value is -0.0800. The van der Waals surface area contributed by atoms with Crippen molar-refractivity contribution < 1.29 is 0 Å². The van der Waals surface area contributed by atoms with Crippen molar-refractivity contribution in [1.29, 1.82) is 0 Å². The maximum absolute atomic E-state index is 3.71. The van der Waals surface area contributed by atoms with Crippen LogP contribution < -0.4 is 10.6 Å². The molecule has 16 heavy (non-hydrogen) atoms. The Kier molecular flexibility index (Phi) is 4.81. The minimum Gasteiger partial charge on any atom is -0.316 e. The summed E-state index contributed by atoms with van der Waals surface area (Å²) in [6.45, 7) is 15.2. The number of nitrogens with one attached hydrogen (secondary N) is 2. The van der Waals surface area contributed by atoms with Crippen LogP contribution >= 0.6 is 0 Å². The molecule has 1 atom stereocenters. The highest BCUT2D eigenvalue weighted by Crippen LogP contribution is 2.26. The summed E-state index contributed by atoms with van der Waals surface area (Å²) in [5.41, 5.74) is 0.676. The van der Waals surface area contributed by atoms with E-state index in [1.165, 1.54) is 32.4 Å². The zero-order valence-corrected chi connectivity index (χ0v) is 11.8. The third-order valence-corrected chi connectivity index (χ3v) is 3.29. The molecule has 96 valence electrons. The molecule has 0 aromatic carbocycles. The number of hydrogen-bond donors (Lipinski definition) is 2. The first-order valence-corrected chi connectivity index (χ1v) is 6.74. The van der Waals surface area contributed by atoms with Crippen molar-refractivity contribution in [3.05, 3.63) is 0 Å². The van der Waals surface area contributed by atoms with E-state index in [0.717, 1.165) is 12.5 Å². The molecule has 1 aliphatic heterocycles. The molecule has 0 spiro atoms. The summed E-state index contributed by atoms with van der Waals surface area (Å²) < 4.78 is 0. The van der Waals surface area contributed by atoms with E-state index in [1.807, 2.05) is 0 Å². The van der Waals surface area contributed by atoms with Gasteiger partial charge >= 0.3 is 0 Å². The Morgan fingerprint density at radius 1 is 1.19 bits per heavy atom. The Labute approximate surface area is 102 Å². The molecular formula is C14H30N2. The molecule has 1 fully saturated rings. The highest BCUT2D eigenvalue weighted by molar-refractivity contribution is 4.83. The first-order valence-electron chi connectivity index (χ1n) is 6.74. The Morgan fingerprint density at radius 2 is 1.88 bits per heavy atom. The summed E-state index contributed by atoms with van der Waals surface area (Å²) in [5, 5.41) is 7.15. The molecule has 2 nitrogen and oxygen atoms in total. The summed E-state index contributed by atoms with van der Waals surface area (Å²) in [4.78, 5) is 0. The molecule has 1 aliphatic rings. The summed E-state index contributed by atoms with van der Waals surface area (Å²) in [7, 11) is 0. The van der Waals surface area contributed by atoms with Crippen LogP contribution in [0.3, 0.4) is 0 Å². The lowest BCUT2D eigenvalue weighted by atomic mass is 9.81. The molecule has 1 heterocycles. The number of hydrogen-bond acceptors (Lipinski definition) is 2. The second-order valence-electron chi connectivity index (χ2n) is 7.20. The van der Waals surface area contributed by atoms with Gasteiger partial charge < -0.3 is 10.6 Å². The predicted octanol–water partition coefficient (Wildman–Crippen LogP) is 2.79. The summed E-state index contributed by atoms with van der Waals surface area (Å²) >= 11 is 0. The lowest BCUT2D eigenvalue weighted by Gasteiger charge is -2.33. The molecular weight excluding hydrogens is 196 g/mol. The molecule has 0 radical (unpaired) electrons. The largest absolute Gasteiger partial charge is 0.316 e. The second kappa shape index (κ2) is 5.50. The van der Waals surface area contributed by atoms with Crippen molar-refractivity contribution in [3.8, 4) is 0 Å². The quantitative estimate of drug-likeness (QED) is 0.753. The molecule has 0 saturated carbocycles. The zero-order chi connectivity index (χ0) is 12.2. The highest BCUT2D eigenvalue weighted by atomic mass is 15.0. The molecule has 2 N–H and O–H groups in total. The molecule has 0 aromatic rings. The van der Waals surface area contributed by atoms with E-state index < -0.39 is 0 Å². The molecule has 0 bridgehead atoms. The average molecular weight is 226 g/mol. The fraction of sp³-hybridized carbons (Fsp3) is 1.00. The summed E-state index contributed by atoms with van der Waals surface area (Å²) in [6, 6.07) is 0. The van der Waals surface area contributed by atoms with Crippen molar-refractivity contribution in [3.63, 3.8) is 0 Å². The van der Waals surface area contributed by atoms with Gasteiger partial charge in [0.1, 0.15) is 0 Å². The lowest BCUT2D eigenvalue weighted by molar-refractivity contribution is 0.238. The van der Waals surface area contributed by atoms with Gasteiger partial charge in [-0.25, -0.2) is 0 Å². The van der Waals surface area contributed by atoms with Crippen LogP contribution in [-0.2, 0) is 0 Å². The standard InChI is InChI=1S/C14H30N2/c1-13(2,3)11-14(4,5)16-9-7-12-6-8-15-10-12/h12,15-16H,6-11H2,1-5H3. The van der Waals surface area contributed by atoms with Crippen LogP contribution in [0, 0.1) is 11.3 Å². The lowest BCUT2D eigenvalue weighted by Crippen LogP contribution is -2.43. The van der Waals surface area contributed by atoms with Gasteiger partial charge in [-0.3, -0.25) is 0 Å². The maximum Gasteiger partial charge on any atom is 0.0130 e. The van der Waals surface area contributed by atoms with Crippen LogP contribution in [0.15, 0.2) is 0 Å². The SMILES string of the molecule is CC(C)(C)CC(C)(C)NCCC1CCNC1. The Balaban J connectivity index is 2.19. The molecule has 1 rings (SSSR count). The Morgan fingerprint density at radius 3 is 2.38 bits per heavy atom. The molecule has 0 amide bonds. The normalized spacial score (nSPS) is 22.7. The summed E-state index contributed by atoms with van der Waals surface area (Å²) in [6.07, 6.45) is 3.91. The maximum atomic E-state index is 3.71. The van der Waals surface area contributed by atoms with E-state index in [-0.39, 0.29) is 5.54 Å². The van der Waals surface area contributed by atoms with Crippen molar-refractivity contribution in [2.24, 2.45) is 11.3 Å². The van der Waals surface area contributed by atoms with Crippen LogP contribution in [0.5, 0.6) is 0 Å². The third kappa shape index (κ3) is 5.86. The fourth-order valence-corrected chi connectivity index (χ4v) is 2.96. The molecule has 2 heteroatoms. The van der Waals surface area contributed by atoms with E-state index in [1.54, 1.807) is 0 Å². The zero-order valence-electron chi connectivity index (χ0n) is 11.8. The van der Waals surface area contributed by atoms with Crippen LogP contribution in [0.2, 0.25) is 0 Å². The third-order valence-electron chi connectivity index (χ3n) is 3.29. The minimum absolute atomic E-state index is 0.268. The van der Waals surface area contributed by atoms with Gasteiger partial charge in [0.25, 0.3) is 0 Å². The first kappa shape index (κ1) is 14.0.